The summed E-state index contributed by atoms with van der Waals surface area (Å²) in [5.41, 5.74) is 1.22. The van der Waals surface area contributed by atoms with Crippen molar-refractivity contribution in [1.82, 2.24) is 9.55 Å². The molecule has 3 aromatic rings. The van der Waals surface area contributed by atoms with Crippen LogP contribution in [0.2, 0.25) is 0 Å². The Balaban J connectivity index is 1.84. The van der Waals surface area contributed by atoms with Crippen molar-refractivity contribution in [3.63, 3.8) is 0 Å². The van der Waals surface area contributed by atoms with Gasteiger partial charge in [-0.1, -0.05) is 12.1 Å². The molecule has 0 unspecified atom stereocenters. The molecule has 1 aromatic heterocycles. The lowest BCUT2D eigenvalue weighted by Gasteiger charge is -2.24. The quantitative estimate of drug-likeness (QED) is 0.635. The van der Waals surface area contributed by atoms with E-state index in [9.17, 15) is 9.59 Å². The van der Waals surface area contributed by atoms with Crippen LogP contribution in [0.4, 0.5) is 11.6 Å². The van der Waals surface area contributed by atoms with Gasteiger partial charge in [0.05, 0.1) is 18.0 Å². The van der Waals surface area contributed by atoms with Gasteiger partial charge in [-0.2, -0.15) is 0 Å². The molecule has 7 nitrogen and oxygen atoms in total. The van der Waals surface area contributed by atoms with Gasteiger partial charge in [0.25, 0.3) is 5.56 Å². The third-order valence-corrected chi connectivity index (χ3v) is 4.82. The molecule has 0 fully saturated rings. The number of nitrogens with zero attached hydrogens (tertiary/aromatic N) is 3. The van der Waals surface area contributed by atoms with Gasteiger partial charge in [0.2, 0.25) is 11.9 Å². The molecule has 0 aliphatic rings. The summed E-state index contributed by atoms with van der Waals surface area (Å²) < 4.78 is 6.72. The molecule has 0 spiro atoms. The van der Waals surface area contributed by atoms with E-state index in [4.69, 9.17) is 9.72 Å². The van der Waals surface area contributed by atoms with Crippen molar-refractivity contribution in [1.29, 1.82) is 0 Å². The van der Waals surface area contributed by atoms with Gasteiger partial charge in [0.1, 0.15) is 5.75 Å². The van der Waals surface area contributed by atoms with Crippen molar-refractivity contribution in [2.24, 2.45) is 0 Å². The second-order valence-corrected chi connectivity index (χ2v) is 6.58. The molecule has 1 heterocycles. The number of nitrogens with one attached hydrogen (secondary N) is 1. The molecule has 3 rings (SSSR count). The van der Waals surface area contributed by atoms with Crippen molar-refractivity contribution in [2.45, 2.75) is 26.8 Å². The number of carbonyl (C=O) groups is 1. The Morgan fingerprint density at radius 1 is 1.10 bits per heavy atom. The van der Waals surface area contributed by atoms with E-state index >= 15 is 0 Å². The number of ether oxygens (including phenoxy) is 1. The minimum atomic E-state index is -0.166. The molecule has 152 valence electrons. The van der Waals surface area contributed by atoms with E-state index in [1.165, 1.54) is 0 Å². The van der Waals surface area contributed by atoms with E-state index in [1.54, 1.807) is 42.0 Å². The lowest BCUT2D eigenvalue weighted by Crippen LogP contribution is -2.33. The van der Waals surface area contributed by atoms with Crippen LogP contribution in [0.3, 0.4) is 0 Å². The summed E-state index contributed by atoms with van der Waals surface area (Å²) in [5.74, 6) is 1.15. The Bertz CT molecular complexity index is 1040. The Morgan fingerprint density at radius 3 is 2.45 bits per heavy atom. The molecule has 0 aliphatic heterocycles. The maximum absolute atomic E-state index is 13.1. The van der Waals surface area contributed by atoms with E-state index in [0.29, 0.717) is 22.5 Å². The zero-order valence-electron chi connectivity index (χ0n) is 17.0. The molecular formula is C22H26N4O3. The van der Waals surface area contributed by atoms with Crippen molar-refractivity contribution in [3.8, 4) is 5.75 Å². The second kappa shape index (κ2) is 9.23. The van der Waals surface area contributed by atoms with Gasteiger partial charge < -0.3 is 15.0 Å². The van der Waals surface area contributed by atoms with E-state index in [2.05, 4.69) is 5.32 Å². The van der Waals surface area contributed by atoms with Gasteiger partial charge in [0, 0.05) is 31.7 Å². The molecule has 7 heteroatoms. The molecule has 0 aliphatic carbocycles. The number of methoxy groups -OCH3 is 1. The number of hydrogen-bond acceptors (Lipinski definition) is 5. The smallest absolute Gasteiger partial charge is 0.262 e. The number of hydrogen-bond donors (Lipinski definition) is 1. The van der Waals surface area contributed by atoms with Crippen LogP contribution in [-0.4, -0.2) is 35.7 Å². The summed E-state index contributed by atoms with van der Waals surface area (Å²) in [6, 6.07) is 14.4. The fourth-order valence-corrected chi connectivity index (χ4v) is 3.22. The Hall–Kier alpha value is -3.35. The number of aromatic nitrogens is 2. The van der Waals surface area contributed by atoms with E-state index < -0.39 is 0 Å². The first-order valence-electron chi connectivity index (χ1n) is 9.75. The Morgan fingerprint density at radius 2 is 1.79 bits per heavy atom. The Labute approximate surface area is 169 Å². The first kappa shape index (κ1) is 20.4. The van der Waals surface area contributed by atoms with E-state index in [1.807, 2.05) is 36.9 Å². The normalized spacial score (nSPS) is 10.7. The minimum absolute atomic E-state index is 0.130. The fraction of sp³-hybridized carbons (Fsp3) is 0.318. The summed E-state index contributed by atoms with van der Waals surface area (Å²) in [4.78, 5) is 32.2. The largest absolute Gasteiger partial charge is 0.497 e. The number of amides is 1. The average molecular weight is 394 g/mol. The summed E-state index contributed by atoms with van der Waals surface area (Å²) in [5, 5.41) is 3.41. The van der Waals surface area contributed by atoms with E-state index in [-0.39, 0.29) is 24.4 Å². The van der Waals surface area contributed by atoms with Crippen molar-refractivity contribution in [2.75, 3.05) is 30.4 Å². The highest BCUT2D eigenvalue weighted by Crippen LogP contribution is 2.17. The summed E-state index contributed by atoms with van der Waals surface area (Å²) >= 11 is 0. The number of carbonyl (C=O) groups excluding carboxylic acids is 1. The molecule has 0 radical (unpaired) electrons. The lowest BCUT2D eigenvalue weighted by atomic mass is 10.2. The highest BCUT2D eigenvalue weighted by molar-refractivity contribution is 5.90. The van der Waals surface area contributed by atoms with Crippen molar-refractivity contribution >= 4 is 28.4 Å². The lowest BCUT2D eigenvalue weighted by molar-refractivity contribution is -0.116. The van der Waals surface area contributed by atoms with Crippen LogP contribution in [0.25, 0.3) is 10.9 Å². The number of para-hydroxylation sites is 1. The zero-order chi connectivity index (χ0) is 20.8. The van der Waals surface area contributed by atoms with E-state index in [0.717, 1.165) is 18.8 Å². The number of anilines is 2. The van der Waals surface area contributed by atoms with Gasteiger partial charge in [-0.05, 0) is 50.2 Å². The molecule has 0 saturated heterocycles. The molecule has 0 bridgehead atoms. The zero-order valence-corrected chi connectivity index (χ0v) is 17.0. The van der Waals surface area contributed by atoms with Gasteiger partial charge in [0.15, 0.2) is 0 Å². The third-order valence-electron chi connectivity index (χ3n) is 4.82. The first-order valence-corrected chi connectivity index (χ1v) is 9.75. The fourth-order valence-electron chi connectivity index (χ4n) is 3.22. The topological polar surface area (TPSA) is 76.5 Å². The third kappa shape index (κ3) is 4.56. The molecular weight excluding hydrogens is 368 g/mol. The summed E-state index contributed by atoms with van der Waals surface area (Å²) in [6.45, 7) is 5.74. The standard InChI is InChI=1S/C22H26N4O3/c1-4-25(5-2)22-24-19-9-7-6-8-18(19)21(28)26(22)15-14-20(27)23-16-10-12-17(29-3)13-11-16/h6-13H,4-5,14-15H2,1-3H3,(H,23,27). The van der Waals surface area contributed by atoms with Crippen LogP contribution >= 0.6 is 0 Å². The van der Waals surface area contributed by atoms with Crippen LogP contribution in [-0.2, 0) is 11.3 Å². The van der Waals surface area contributed by atoms with Crippen LogP contribution in [0, 0.1) is 0 Å². The molecule has 29 heavy (non-hydrogen) atoms. The highest BCUT2D eigenvalue weighted by atomic mass is 16.5. The second-order valence-electron chi connectivity index (χ2n) is 6.58. The first-order chi connectivity index (χ1) is 14.1. The molecule has 1 N–H and O–H groups in total. The monoisotopic (exact) mass is 394 g/mol. The van der Waals surface area contributed by atoms with Crippen LogP contribution in [0.1, 0.15) is 20.3 Å². The van der Waals surface area contributed by atoms with Crippen LogP contribution in [0.5, 0.6) is 5.75 Å². The molecule has 2 aromatic carbocycles. The SMILES string of the molecule is CCN(CC)c1nc2ccccc2c(=O)n1CCC(=O)Nc1ccc(OC)cc1. The Kier molecular flexibility index (Phi) is 6.49. The van der Waals surface area contributed by atoms with Crippen molar-refractivity contribution < 1.29 is 9.53 Å². The van der Waals surface area contributed by atoms with Crippen LogP contribution in [0.15, 0.2) is 53.3 Å². The van der Waals surface area contributed by atoms with Gasteiger partial charge in [-0.3, -0.25) is 14.2 Å². The molecule has 0 saturated carbocycles. The number of rotatable bonds is 8. The van der Waals surface area contributed by atoms with Gasteiger partial charge >= 0.3 is 0 Å². The summed E-state index contributed by atoms with van der Waals surface area (Å²) in [6.07, 6.45) is 0.167. The number of fused-ring (bicyclic) bond motifs is 1. The number of benzene rings is 2. The predicted octanol–water partition coefficient (Wildman–Crippen LogP) is 3.28. The predicted molar refractivity (Wildman–Crippen MR) is 116 cm³/mol. The van der Waals surface area contributed by atoms with Crippen molar-refractivity contribution in [3.05, 3.63) is 58.9 Å². The van der Waals surface area contributed by atoms with Crippen LogP contribution < -0.4 is 20.5 Å². The highest BCUT2D eigenvalue weighted by Gasteiger charge is 2.16. The maximum Gasteiger partial charge on any atom is 0.262 e. The summed E-state index contributed by atoms with van der Waals surface area (Å²) in [7, 11) is 1.59. The average Bonchev–Trinajstić information content (AvgIpc) is 2.75. The molecule has 1 amide bonds. The molecule has 0 atom stereocenters. The van der Waals surface area contributed by atoms with Gasteiger partial charge in [-0.15, -0.1) is 0 Å². The maximum atomic E-state index is 13.1. The van der Waals surface area contributed by atoms with Gasteiger partial charge in [-0.25, -0.2) is 4.98 Å². The minimum Gasteiger partial charge on any atom is -0.497 e.